The Bertz CT molecular complexity index is 914. The van der Waals surface area contributed by atoms with E-state index in [0.29, 0.717) is 33.2 Å². The Morgan fingerprint density at radius 2 is 1.85 bits per heavy atom. The topological polar surface area (TPSA) is 57.5 Å². The van der Waals surface area contributed by atoms with Crippen LogP contribution in [-0.4, -0.2) is 22.3 Å². The second-order valence-corrected chi connectivity index (χ2v) is 13.8. The molecule has 0 aromatic heterocycles. The average Bonchev–Trinajstić information content (AvgIpc) is 3.33. The van der Waals surface area contributed by atoms with E-state index in [0.717, 1.165) is 31.1 Å². The molecule has 33 heavy (non-hydrogen) atoms. The fraction of sp³-hybridized carbons (Fsp3) is 0.833. The highest BCUT2D eigenvalue weighted by atomic mass is 16.4. The van der Waals surface area contributed by atoms with Crippen LogP contribution in [0.1, 0.15) is 106 Å². The molecule has 0 aliphatic heterocycles. The van der Waals surface area contributed by atoms with Gasteiger partial charge in [-0.1, -0.05) is 52.3 Å². The van der Waals surface area contributed by atoms with Crippen molar-refractivity contribution in [3.05, 3.63) is 23.3 Å². The highest BCUT2D eigenvalue weighted by Crippen LogP contribution is 2.88. The van der Waals surface area contributed by atoms with E-state index < -0.39 is 5.97 Å². The summed E-state index contributed by atoms with van der Waals surface area (Å²) in [6.07, 6.45) is 16.4. The number of hydrogen-bond donors (Lipinski definition) is 2. The van der Waals surface area contributed by atoms with Crippen LogP contribution in [0.25, 0.3) is 0 Å². The molecule has 0 saturated heterocycles. The van der Waals surface area contributed by atoms with Crippen molar-refractivity contribution in [3.63, 3.8) is 0 Å². The third-order valence-electron chi connectivity index (χ3n) is 12.6. The largest absolute Gasteiger partial charge is 0.478 e. The van der Waals surface area contributed by atoms with Crippen molar-refractivity contribution < 1.29 is 15.0 Å². The third kappa shape index (κ3) is 2.87. The number of allylic oxidation sites excluding steroid dienone is 2. The summed E-state index contributed by atoms with van der Waals surface area (Å²) in [5.74, 6) is 1.37. The standard InChI is InChI=1S/C30H46O3/c1-19(8-7-9-20(2)25(32)33)21-12-14-28(6)23-11-10-22-26(3,4)24(31)13-15-29(22)18-30(23,29)17-16-27(21,28)5/h9-10,19,21,23-24,31H,7-8,11-18H2,1-6H3,(H,32,33)/b20-9+/t19-,21-,23+,24-,27-,28+,29-,30+/m1/s1. The van der Waals surface area contributed by atoms with E-state index in [2.05, 4.69) is 40.7 Å². The molecule has 0 amide bonds. The summed E-state index contributed by atoms with van der Waals surface area (Å²) < 4.78 is 0. The van der Waals surface area contributed by atoms with Gasteiger partial charge in [0.2, 0.25) is 0 Å². The molecule has 5 aliphatic rings. The van der Waals surface area contributed by atoms with Gasteiger partial charge in [-0.05, 0) is 111 Å². The lowest BCUT2D eigenvalue weighted by Gasteiger charge is -2.61. The number of aliphatic hydroxyl groups excluding tert-OH is 1. The van der Waals surface area contributed by atoms with Crippen molar-refractivity contribution in [2.24, 2.45) is 44.8 Å². The predicted molar refractivity (Wildman–Crippen MR) is 133 cm³/mol. The van der Waals surface area contributed by atoms with Gasteiger partial charge < -0.3 is 10.2 Å². The van der Waals surface area contributed by atoms with Crippen molar-refractivity contribution in [1.82, 2.24) is 0 Å². The molecule has 3 nitrogen and oxygen atoms in total. The molecule has 0 aromatic carbocycles. The number of aliphatic hydroxyl groups is 1. The van der Waals surface area contributed by atoms with E-state index in [-0.39, 0.29) is 11.5 Å². The van der Waals surface area contributed by atoms with Gasteiger partial charge in [0.25, 0.3) is 0 Å². The molecule has 0 aromatic rings. The van der Waals surface area contributed by atoms with E-state index >= 15 is 0 Å². The van der Waals surface area contributed by atoms with Crippen LogP contribution in [0.2, 0.25) is 0 Å². The Morgan fingerprint density at radius 1 is 1.12 bits per heavy atom. The van der Waals surface area contributed by atoms with Crippen molar-refractivity contribution in [1.29, 1.82) is 0 Å². The van der Waals surface area contributed by atoms with Gasteiger partial charge in [0.1, 0.15) is 0 Å². The minimum absolute atomic E-state index is 0.0668. The van der Waals surface area contributed by atoms with E-state index in [1.54, 1.807) is 12.5 Å². The number of carbonyl (C=O) groups is 1. The van der Waals surface area contributed by atoms with Gasteiger partial charge in [-0.2, -0.15) is 0 Å². The molecule has 184 valence electrons. The second-order valence-electron chi connectivity index (χ2n) is 13.8. The minimum Gasteiger partial charge on any atom is -0.478 e. The average molecular weight is 455 g/mol. The van der Waals surface area contributed by atoms with Crippen molar-refractivity contribution in [2.75, 3.05) is 0 Å². The zero-order valence-electron chi connectivity index (χ0n) is 21.8. The lowest BCUT2D eigenvalue weighted by Crippen LogP contribution is -2.54. The van der Waals surface area contributed by atoms with E-state index in [9.17, 15) is 9.90 Å². The molecule has 3 heteroatoms. The molecule has 0 radical (unpaired) electrons. The first-order valence-electron chi connectivity index (χ1n) is 13.6. The molecule has 4 fully saturated rings. The van der Waals surface area contributed by atoms with Crippen LogP contribution in [0.15, 0.2) is 23.3 Å². The van der Waals surface area contributed by atoms with E-state index in [1.165, 1.54) is 44.9 Å². The smallest absolute Gasteiger partial charge is 0.330 e. The number of aliphatic carboxylic acids is 1. The van der Waals surface area contributed by atoms with E-state index in [4.69, 9.17) is 5.11 Å². The van der Waals surface area contributed by atoms with Gasteiger partial charge in [0, 0.05) is 11.0 Å². The molecule has 5 rings (SSSR count). The number of fused-ring (bicyclic) bond motifs is 2. The molecule has 0 bridgehead atoms. The SMILES string of the molecule is C/C(=C\CC[C@@H](C)[C@H]1CC[C@@]2(C)[C@@H]3CC=C4C(C)(C)[C@H](O)CC[C@@]45C[C@@]35CC[C@]12C)C(=O)O. The minimum atomic E-state index is -0.790. The summed E-state index contributed by atoms with van der Waals surface area (Å²) in [5.41, 5.74) is 3.67. The normalized spacial score (nSPS) is 48.6. The van der Waals surface area contributed by atoms with Gasteiger partial charge >= 0.3 is 5.97 Å². The van der Waals surface area contributed by atoms with Crippen LogP contribution in [0.3, 0.4) is 0 Å². The highest BCUT2D eigenvalue weighted by Gasteiger charge is 2.80. The summed E-state index contributed by atoms with van der Waals surface area (Å²) in [7, 11) is 0. The molecular formula is C30H46O3. The lowest BCUT2D eigenvalue weighted by atomic mass is 9.43. The second kappa shape index (κ2) is 7.21. The maximum Gasteiger partial charge on any atom is 0.330 e. The van der Waals surface area contributed by atoms with Crippen LogP contribution in [0, 0.1) is 44.8 Å². The molecule has 8 atom stereocenters. The van der Waals surface area contributed by atoms with E-state index in [1.807, 2.05) is 6.08 Å². The molecule has 0 heterocycles. The zero-order valence-corrected chi connectivity index (χ0v) is 21.8. The quantitative estimate of drug-likeness (QED) is 0.342. The fourth-order valence-corrected chi connectivity index (χ4v) is 10.4. The summed E-state index contributed by atoms with van der Waals surface area (Å²) in [6, 6.07) is 0. The zero-order chi connectivity index (χ0) is 24.0. The highest BCUT2D eigenvalue weighted by molar-refractivity contribution is 5.85. The first-order chi connectivity index (χ1) is 15.4. The Hall–Kier alpha value is -1.09. The fourth-order valence-electron chi connectivity index (χ4n) is 10.4. The Kier molecular flexibility index (Phi) is 5.17. The monoisotopic (exact) mass is 454 g/mol. The molecule has 2 N–H and O–H groups in total. The number of rotatable bonds is 5. The van der Waals surface area contributed by atoms with Crippen molar-refractivity contribution in [2.45, 2.75) is 112 Å². The van der Waals surface area contributed by atoms with Crippen LogP contribution in [-0.2, 0) is 4.79 Å². The Labute approximate surface area is 201 Å². The van der Waals surface area contributed by atoms with Crippen LogP contribution >= 0.6 is 0 Å². The Morgan fingerprint density at radius 3 is 2.55 bits per heavy atom. The lowest BCUT2D eigenvalue weighted by molar-refractivity contribution is -0.132. The van der Waals surface area contributed by atoms with Gasteiger partial charge in [0.15, 0.2) is 0 Å². The number of carboxylic acids is 1. The van der Waals surface area contributed by atoms with Crippen LogP contribution < -0.4 is 0 Å². The van der Waals surface area contributed by atoms with Gasteiger partial charge in [-0.15, -0.1) is 0 Å². The molecular weight excluding hydrogens is 408 g/mol. The number of carboxylic acid groups (broad SMARTS) is 1. The van der Waals surface area contributed by atoms with Crippen molar-refractivity contribution >= 4 is 5.97 Å². The predicted octanol–water partition coefficient (Wildman–Crippen LogP) is 7.15. The summed E-state index contributed by atoms with van der Waals surface area (Å²) in [6.45, 7) is 14.0. The molecule has 5 aliphatic carbocycles. The van der Waals surface area contributed by atoms with Crippen LogP contribution in [0.5, 0.6) is 0 Å². The molecule has 0 unspecified atom stereocenters. The molecule has 4 saturated carbocycles. The summed E-state index contributed by atoms with van der Waals surface area (Å²) in [5, 5.41) is 20.0. The van der Waals surface area contributed by atoms with Crippen LogP contribution in [0.4, 0.5) is 0 Å². The number of hydrogen-bond acceptors (Lipinski definition) is 2. The Balaban J connectivity index is 1.40. The maximum absolute atomic E-state index is 11.2. The summed E-state index contributed by atoms with van der Waals surface area (Å²) >= 11 is 0. The first kappa shape index (κ1) is 23.6. The van der Waals surface area contributed by atoms with Gasteiger partial charge in [-0.3, -0.25) is 0 Å². The summed E-state index contributed by atoms with van der Waals surface area (Å²) in [4.78, 5) is 11.2. The first-order valence-corrected chi connectivity index (χ1v) is 13.6. The van der Waals surface area contributed by atoms with Gasteiger partial charge in [0.05, 0.1) is 6.10 Å². The van der Waals surface area contributed by atoms with Crippen molar-refractivity contribution in [3.8, 4) is 0 Å². The molecule has 2 spiro atoms. The van der Waals surface area contributed by atoms with Gasteiger partial charge in [-0.25, -0.2) is 4.79 Å². The third-order valence-corrected chi connectivity index (χ3v) is 12.6. The maximum atomic E-state index is 11.2.